The second kappa shape index (κ2) is 7.29. The van der Waals surface area contributed by atoms with Crippen LogP contribution >= 0.6 is 11.8 Å². The molecule has 3 nitrogen and oxygen atoms in total. The van der Waals surface area contributed by atoms with Crippen molar-refractivity contribution in [1.29, 1.82) is 0 Å². The molecular formula is C12H16FNO2S. The van der Waals surface area contributed by atoms with Gasteiger partial charge in [-0.15, -0.1) is 0 Å². The summed E-state index contributed by atoms with van der Waals surface area (Å²) in [6, 6.07) is 7.65. The predicted octanol–water partition coefficient (Wildman–Crippen LogP) is 2.45. The molecule has 0 aromatic heterocycles. The lowest BCUT2D eigenvalue weighted by Gasteiger charge is -2.17. The molecule has 0 spiro atoms. The zero-order chi connectivity index (χ0) is 12.7. The number of aliphatic carboxylic acids is 1. The Kier molecular flexibility index (Phi) is 6.00. The lowest BCUT2D eigenvalue weighted by atomic mass is 10.1. The topological polar surface area (TPSA) is 49.3 Å². The Morgan fingerprint density at radius 1 is 1.47 bits per heavy atom. The summed E-state index contributed by atoms with van der Waals surface area (Å²) in [5, 5.41) is 11.4. The van der Waals surface area contributed by atoms with Crippen molar-refractivity contribution in [3.63, 3.8) is 0 Å². The van der Waals surface area contributed by atoms with Crippen LogP contribution in [-0.4, -0.2) is 29.1 Å². The van der Waals surface area contributed by atoms with Crippen LogP contribution in [0.25, 0.3) is 0 Å². The lowest BCUT2D eigenvalue weighted by molar-refractivity contribution is -0.140. The van der Waals surface area contributed by atoms with Crippen molar-refractivity contribution in [2.24, 2.45) is 0 Å². The van der Waals surface area contributed by atoms with Gasteiger partial charge in [0.2, 0.25) is 0 Å². The van der Waals surface area contributed by atoms with Crippen molar-refractivity contribution in [1.82, 2.24) is 5.32 Å². The van der Waals surface area contributed by atoms with Crippen LogP contribution < -0.4 is 5.32 Å². The molecule has 1 rings (SSSR count). The van der Waals surface area contributed by atoms with Crippen molar-refractivity contribution in [3.05, 3.63) is 35.9 Å². The first kappa shape index (κ1) is 14.0. The van der Waals surface area contributed by atoms with Crippen LogP contribution in [-0.2, 0) is 4.79 Å². The number of carbonyl (C=O) groups is 1. The SMILES string of the molecule is CSCC[C@H](NC(F)c1ccccc1)C(=O)O. The molecule has 0 bridgehead atoms. The largest absolute Gasteiger partial charge is 0.480 e. The minimum Gasteiger partial charge on any atom is -0.480 e. The summed E-state index contributed by atoms with van der Waals surface area (Å²) in [5.41, 5.74) is 0.447. The Balaban J connectivity index is 2.58. The van der Waals surface area contributed by atoms with Crippen LogP contribution in [0.2, 0.25) is 0 Å². The molecule has 94 valence electrons. The summed E-state index contributed by atoms with van der Waals surface area (Å²) in [6.07, 6.45) is 0.853. The minimum absolute atomic E-state index is 0.407. The normalized spacial score (nSPS) is 14.2. The highest BCUT2D eigenvalue weighted by molar-refractivity contribution is 7.98. The number of benzene rings is 1. The molecular weight excluding hydrogens is 241 g/mol. The van der Waals surface area contributed by atoms with Crippen molar-refractivity contribution in [2.45, 2.75) is 18.8 Å². The first-order valence-electron chi connectivity index (χ1n) is 5.32. The first-order chi connectivity index (χ1) is 8.15. The van der Waals surface area contributed by atoms with Crippen molar-refractivity contribution >= 4 is 17.7 Å². The van der Waals surface area contributed by atoms with E-state index < -0.39 is 18.3 Å². The zero-order valence-electron chi connectivity index (χ0n) is 9.60. The zero-order valence-corrected chi connectivity index (χ0v) is 10.4. The summed E-state index contributed by atoms with van der Waals surface area (Å²) in [4.78, 5) is 10.9. The standard InChI is InChI=1S/C12H16FNO2S/c1-17-8-7-10(12(15)16)14-11(13)9-5-3-2-4-6-9/h2-6,10-11,14H,7-8H2,1H3,(H,15,16)/t10-,11?/m0/s1. The fraction of sp³-hybridized carbons (Fsp3) is 0.417. The van der Waals surface area contributed by atoms with E-state index in [0.717, 1.165) is 0 Å². The Labute approximate surface area is 104 Å². The average molecular weight is 257 g/mol. The van der Waals surface area contributed by atoms with E-state index >= 15 is 0 Å². The molecule has 0 aliphatic rings. The van der Waals surface area contributed by atoms with Crippen LogP contribution in [0.3, 0.4) is 0 Å². The Morgan fingerprint density at radius 3 is 2.65 bits per heavy atom. The van der Waals surface area contributed by atoms with Gasteiger partial charge < -0.3 is 5.11 Å². The first-order valence-corrected chi connectivity index (χ1v) is 6.71. The molecule has 2 atom stereocenters. The summed E-state index contributed by atoms with van der Waals surface area (Å²) in [5.74, 6) is -0.330. The van der Waals surface area contributed by atoms with E-state index in [1.807, 2.05) is 6.26 Å². The number of hydrogen-bond acceptors (Lipinski definition) is 3. The van der Waals surface area contributed by atoms with Gasteiger partial charge >= 0.3 is 5.97 Å². The molecule has 0 saturated carbocycles. The van der Waals surface area contributed by atoms with E-state index in [-0.39, 0.29) is 0 Å². The number of nitrogens with one attached hydrogen (secondary N) is 1. The number of carboxylic acids is 1. The summed E-state index contributed by atoms with van der Waals surface area (Å²) in [6.45, 7) is 0. The molecule has 1 aromatic rings. The molecule has 0 aliphatic carbocycles. The van der Waals surface area contributed by atoms with Crippen LogP contribution in [0.5, 0.6) is 0 Å². The highest BCUT2D eigenvalue weighted by Crippen LogP contribution is 2.15. The Morgan fingerprint density at radius 2 is 2.12 bits per heavy atom. The van der Waals surface area contributed by atoms with Gasteiger partial charge in [0.1, 0.15) is 6.04 Å². The Hall–Kier alpha value is -1.07. The molecule has 0 heterocycles. The fourth-order valence-corrected chi connectivity index (χ4v) is 1.88. The van der Waals surface area contributed by atoms with E-state index in [1.54, 1.807) is 42.1 Å². The molecule has 0 fully saturated rings. The molecule has 0 amide bonds. The van der Waals surface area contributed by atoms with E-state index in [9.17, 15) is 9.18 Å². The molecule has 0 aliphatic heterocycles. The monoisotopic (exact) mass is 257 g/mol. The van der Waals surface area contributed by atoms with Crippen LogP contribution in [0.1, 0.15) is 18.3 Å². The second-order valence-corrected chi connectivity index (χ2v) is 4.60. The number of hydrogen-bond donors (Lipinski definition) is 2. The average Bonchev–Trinajstić information content (AvgIpc) is 2.35. The molecule has 17 heavy (non-hydrogen) atoms. The molecule has 1 aromatic carbocycles. The van der Waals surface area contributed by atoms with Crippen LogP contribution in [0, 0.1) is 0 Å². The van der Waals surface area contributed by atoms with Crippen molar-refractivity contribution < 1.29 is 14.3 Å². The third-order valence-corrected chi connectivity index (χ3v) is 2.99. The van der Waals surface area contributed by atoms with E-state index in [4.69, 9.17) is 5.11 Å². The van der Waals surface area contributed by atoms with Gasteiger partial charge in [0.25, 0.3) is 0 Å². The summed E-state index contributed by atoms with van der Waals surface area (Å²) in [7, 11) is 0. The van der Waals surface area contributed by atoms with Crippen molar-refractivity contribution in [2.75, 3.05) is 12.0 Å². The van der Waals surface area contributed by atoms with Gasteiger partial charge in [0, 0.05) is 5.56 Å². The van der Waals surface area contributed by atoms with Gasteiger partial charge in [-0.25, -0.2) is 4.39 Å². The van der Waals surface area contributed by atoms with Gasteiger partial charge in [-0.1, -0.05) is 30.3 Å². The maximum absolute atomic E-state index is 13.8. The summed E-state index contributed by atoms with van der Waals surface area (Å²) >= 11 is 1.54. The highest BCUT2D eigenvalue weighted by Gasteiger charge is 2.21. The van der Waals surface area contributed by atoms with Gasteiger partial charge in [0.15, 0.2) is 6.30 Å². The molecule has 0 radical (unpaired) electrons. The van der Waals surface area contributed by atoms with Gasteiger partial charge in [-0.3, -0.25) is 10.1 Å². The predicted molar refractivity (Wildman–Crippen MR) is 67.8 cm³/mol. The molecule has 5 heteroatoms. The summed E-state index contributed by atoms with van der Waals surface area (Å²) < 4.78 is 13.8. The third kappa shape index (κ3) is 4.75. The van der Waals surface area contributed by atoms with E-state index in [1.165, 1.54) is 0 Å². The number of carboxylic acid groups (broad SMARTS) is 1. The smallest absolute Gasteiger partial charge is 0.320 e. The van der Waals surface area contributed by atoms with Gasteiger partial charge in [-0.2, -0.15) is 11.8 Å². The number of alkyl halides is 1. The third-order valence-electron chi connectivity index (χ3n) is 2.35. The lowest BCUT2D eigenvalue weighted by Crippen LogP contribution is -2.38. The second-order valence-electron chi connectivity index (χ2n) is 3.61. The highest BCUT2D eigenvalue weighted by atomic mass is 32.2. The quantitative estimate of drug-likeness (QED) is 0.737. The Bertz CT molecular complexity index is 348. The molecule has 2 N–H and O–H groups in total. The molecule has 1 unspecified atom stereocenters. The maximum atomic E-state index is 13.8. The maximum Gasteiger partial charge on any atom is 0.320 e. The van der Waals surface area contributed by atoms with Gasteiger partial charge in [-0.05, 0) is 18.4 Å². The molecule has 0 saturated heterocycles. The van der Waals surface area contributed by atoms with Crippen LogP contribution in [0.4, 0.5) is 4.39 Å². The van der Waals surface area contributed by atoms with E-state index in [2.05, 4.69) is 5.32 Å². The number of halogens is 1. The minimum atomic E-state index is -1.45. The number of thioether (sulfide) groups is 1. The van der Waals surface area contributed by atoms with Crippen LogP contribution in [0.15, 0.2) is 30.3 Å². The van der Waals surface area contributed by atoms with E-state index in [0.29, 0.717) is 17.7 Å². The van der Waals surface area contributed by atoms with Crippen molar-refractivity contribution in [3.8, 4) is 0 Å². The fourth-order valence-electron chi connectivity index (χ4n) is 1.41. The number of rotatable bonds is 7. The van der Waals surface area contributed by atoms with Gasteiger partial charge in [0.05, 0.1) is 0 Å².